The summed E-state index contributed by atoms with van der Waals surface area (Å²) in [6, 6.07) is 15.4. The maximum Gasteiger partial charge on any atom is 0.435 e. The van der Waals surface area contributed by atoms with Crippen molar-refractivity contribution in [1.82, 2.24) is 14.1 Å². The number of sulfonamides is 1. The molecule has 0 fully saturated rings. The van der Waals surface area contributed by atoms with Crippen LogP contribution < -0.4 is 5.32 Å². The van der Waals surface area contributed by atoms with Gasteiger partial charge in [0.1, 0.15) is 6.54 Å². The molecule has 0 saturated heterocycles. The standard InChI is InChI=1S/C20H19F3N4O3S/c1-26(13-15-5-3-2-4-6-15)31(29,30)17-9-7-16(8-10-17)24-19(28)14-27-12-11-18(25-27)20(21,22)23/h2-12H,13-14H2,1H3,(H,24,28). The lowest BCUT2D eigenvalue weighted by Crippen LogP contribution is -2.26. The number of carbonyl (C=O) groups excluding carboxylic acids is 1. The molecule has 0 bridgehead atoms. The molecule has 0 aliphatic heterocycles. The Morgan fingerprint density at radius 2 is 1.71 bits per heavy atom. The second kappa shape index (κ2) is 8.90. The predicted molar refractivity (Wildman–Crippen MR) is 107 cm³/mol. The minimum atomic E-state index is -4.59. The molecule has 3 rings (SSSR count). The van der Waals surface area contributed by atoms with Crippen molar-refractivity contribution in [2.24, 2.45) is 0 Å². The van der Waals surface area contributed by atoms with E-state index in [0.29, 0.717) is 5.69 Å². The Balaban J connectivity index is 1.62. The number of halogens is 3. The largest absolute Gasteiger partial charge is 0.435 e. The van der Waals surface area contributed by atoms with E-state index in [1.807, 2.05) is 30.3 Å². The smallest absolute Gasteiger partial charge is 0.324 e. The Morgan fingerprint density at radius 1 is 1.06 bits per heavy atom. The van der Waals surface area contributed by atoms with Gasteiger partial charge in [-0.2, -0.15) is 22.6 Å². The monoisotopic (exact) mass is 452 g/mol. The number of anilines is 1. The number of aromatic nitrogens is 2. The highest BCUT2D eigenvalue weighted by molar-refractivity contribution is 7.89. The molecule has 1 N–H and O–H groups in total. The van der Waals surface area contributed by atoms with Crippen molar-refractivity contribution in [3.05, 3.63) is 78.1 Å². The van der Waals surface area contributed by atoms with E-state index in [1.165, 1.54) is 35.6 Å². The second-order valence-corrected chi connectivity index (χ2v) is 8.76. The van der Waals surface area contributed by atoms with Crippen molar-refractivity contribution in [3.8, 4) is 0 Å². The summed E-state index contributed by atoms with van der Waals surface area (Å²) in [6.07, 6.45) is -3.53. The fourth-order valence-corrected chi connectivity index (χ4v) is 3.92. The maximum absolute atomic E-state index is 12.7. The molecule has 0 aliphatic carbocycles. The molecule has 3 aromatic rings. The molecule has 11 heteroatoms. The summed E-state index contributed by atoms with van der Waals surface area (Å²) in [5.41, 5.74) is 0.0529. The molecule has 0 radical (unpaired) electrons. The number of carbonyl (C=O) groups is 1. The molecular weight excluding hydrogens is 433 g/mol. The number of hydrogen-bond donors (Lipinski definition) is 1. The van der Waals surface area contributed by atoms with Crippen LogP contribution in [-0.4, -0.2) is 35.5 Å². The van der Waals surface area contributed by atoms with Gasteiger partial charge >= 0.3 is 6.18 Å². The third kappa shape index (κ3) is 5.70. The quantitative estimate of drug-likeness (QED) is 0.596. The lowest BCUT2D eigenvalue weighted by molar-refractivity contribution is -0.141. The van der Waals surface area contributed by atoms with E-state index in [9.17, 15) is 26.4 Å². The summed E-state index contributed by atoms with van der Waals surface area (Å²) in [7, 11) is -2.27. The SMILES string of the molecule is CN(Cc1ccccc1)S(=O)(=O)c1ccc(NC(=O)Cn2ccc(C(F)(F)F)n2)cc1. The molecule has 7 nitrogen and oxygen atoms in total. The van der Waals surface area contributed by atoms with Gasteiger partial charge in [-0.05, 0) is 35.9 Å². The third-order valence-electron chi connectivity index (χ3n) is 4.33. The van der Waals surface area contributed by atoms with Crippen LogP contribution in [-0.2, 0) is 34.1 Å². The molecule has 1 heterocycles. The van der Waals surface area contributed by atoms with Crippen LogP contribution >= 0.6 is 0 Å². The van der Waals surface area contributed by atoms with Gasteiger partial charge in [0.05, 0.1) is 4.90 Å². The van der Waals surface area contributed by atoms with Crippen LogP contribution in [0, 0.1) is 0 Å². The molecule has 0 aliphatic rings. The maximum atomic E-state index is 12.7. The van der Waals surface area contributed by atoms with Crippen LogP contribution in [0.15, 0.2) is 71.8 Å². The van der Waals surface area contributed by atoms with Gasteiger partial charge in [-0.15, -0.1) is 0 Å². The van der Waals surface area contributed by atoms with Gasteiger partial charge in [-0.3, -0.25) is 9.48 Å². The first-order chi connectivity index (χ1) is 14.6. The van der Waals surface area contributed by atoms with Crippen LogP contribution in [0.4, 0.5) is 18.9 Å². The minimum absolute atomic E-state index is 0.0471. The zero-order valence-corrected chi connectivity index (χ0v) is 17.2. The Morgan fingerprint density at radius 3 is 2.29 bits per heavy atom. The fraction of sp³-hybridized carbons (Fsp3) is 0.200. The Hall–Kier alpha value is -3.18. The summed E-state index contributed by atoms with van der Waals surface area (Å²) in [6.45, 7) is -0.221. The van der Waals surface area contributed by atoms with Crippen molar-refractivity contribution < 1.29 is 26.4 Å². The highest BCUT2D eigenvalue weighted by atomic mass is 32.2. The summed E-state index contributed by atoms with van der Waals surface area (Å²) in [4.78, 5) is 12.1. The Labute approximate surface area is 177 Å². The predicted octanol–water partition coefficient (Wildman–Crippen LogP) is 3.36. The topological polar surface area (TPSA) is 84.3 Å². The van der Waals surface area contributed by atoms with Crippen molar-refractivity contribution >= 4 is 21.6 Å². The van der Waals surface area contributed by atoms with E-state index in [4.69, 9.17) is 0 Å². The molecule has 0 spiro atoms. The van der Waals surface area contributed by atoms with Crippen molar-refractivity contribution in [3.63, 3.8) is 0 Å². The van der Waals surface area contributed by atoms with E-state index in [2.05, 4.69) is 10.4 Å². The highest BCUT2D eigenvalue weighted by Crippen LogP contribution is 2.27. The zero-order valence-electron chi connectivity index (χ0n) is 16.4. The Bertz CT molecular complexity index is 1140. The van der Waals surface area contributed by atoms with E-state index >= 15 is 0 Å². The van der Waals surface area contributed by atoms with Crippen LogP contribution in [0.25, 0.3) is 0 Å². The van der Waals surface area contributed by atoms with Gasteiger partial charge in [0, 0.05) is 25.5 Å². The molecule has 1 aromatic heterocycles. The van der Waals surface area contributed by atoms with E-state index < -0.39 is 34.3 Å². The molecule has 1 amide bonds. The number of nitrogens with zero attached hydrogens (tertiary/aromatic N) is 3. The lowest BCUT2D eigenvalue weighted by atomic mass is 10.2. The molecule has 0 saturated carbocycles. The van der Waals surface area contributed by atoms with Crippen LogP contribution in [0.1, 0.15) is 11.3 Å². The Kier molecular flexibility index (Phi) is 6.46. The van der Waals surface area contributed by atoms with Gasteiger partial charge in [0.25, 0.3) is 0 Å². The molecule has 0 unspecified atom stereocenters. The number of nitrogens with one attached hydrogen (secondary N) is 1. The fourth-order valence-electron chi connectivity index (χ4n) is 2.76. The van der Waals surface area contributed by atoms with E-state index in [-0.39, 0.29) is 11.4 Å². The zero-order chi connectivity index (χ0) is 22.6. The van der Waals surface area contributed by atoms with Crippen LogP contribution in [0.2, 0.25) is 0 Å². The molecular formula is C20H19F3N4O3S. The average Bonchev–Trinajstić information content (AvgIpc) is 3.18. The van der Waals surface area contributed by atoms with Crippen molar-refractivity contribution in [1.29, 1.82) is 0 Å². The normalized spacial score (nSPS) is 12.2. The van der Waals surface area contributed by atoms with Crippen LogP contribution in [0.3, 0.4) is 0 Å². The number of amides is 1. The van der Waals surface area contributed by atoms with Gasteiger partial charge < -0.3 is 5.32 Å². The van der Waals surface area contributed by atoms with E-state index in [1.54, 1.807) is 0 Å². The molecule has 2 aromatic carbocycles. The average molecular weight is 452 g/mol. The van der Waals surface area contributed by atoms with Crippen LogP contribution in [0.5, 0.6) is 0 Å². The van der Waals surface area contributed by atoms with Crippen molar-refractivity contribution in [2.45, 2.75) is 24.2 Å². The summed E-state index contributed by atoms with van der Waals surface area (Å²) in [5.74, 6) is -0.603. The van der Waals surface area contributed by atoms with Gasteiger partial charge in [0.15, 0.2) is 5.69 Å². The molecule has 0 atom stereocenters. The van der Waals surface area contributed by atoms with Crippen molar-refractivity contribution in [2.75, 3.05) is 12.4 Å². The van der Waals surface area contributed by atoms with Gasteiger partial charge in [-0.25, -0.2) is 8.42 Å². The summed E-state index contributed by atoms with van der Waals surface area (Å²) in [5, 5.41) is 5.81. The summed E-state index contributed by atoms with van der Waals surface area (Å²) < 4.78 is 65.3. The number of alkyl halides is 3. The molecule has 31 heavy (non-hydrogen) atoms. The number of benzene rings is 2. The number of hydrogen-bond acceptors (Lipinski definition) is 4. The van der Waals surface area contributed by atoms with Gasteiger partial charge in [0.2, 0.25) is 15.9 Å². The van der Waals surface area contributed by atoms with E-state index in [0.717, 1.165) is 22.5 Å². The van der Waals surface area contributed by atoms with Gasteiger partial charge in [-0.1, -0.05) is 30.3 Å². The lowest BCUT2D eigenvalue weighted by Gasteiger charge is -2.17. The first-order valence-corrected chi connectivity index (χ1v) is 10.5. The summed E-state index contributed by atoms with van der Waals surface area (Å²) >= 11 is 0. The first kappa shape index (κ1) is 22.5. The first-order valence-electron chi connectivity index (χ1n) is 9.06. The molecule has 164 valence electrons. The third-order valence-corrected chi connectivity index (χ3v) is 6.15. The minimum Gasteiger partial charge on any atom is -0.324 e. The number of rotatable bonds is 7. The second-order valence-electron chi connectivity index (χ2n) is 6.72. The highest BCUT2D eigenvalue weighted by Gasteiger charge is 2.33.